The van der Waals surface area contributed by atoms with Gasteiger partial charge in [-0.05, 0) is 5.92 Å². The fourth-order valence-electron chi connectivity index (χ4n) is 0.289. The van der Waals surface area contributed by atoms with Gasteiger partial charge >= 0.3 is 23.1 Å². The Labute approximate surface area is 85.3 Å². The summed E-state index contributed by atoms with van der Waals surface area (Å²) in [6, 6.07) is 0. The quantitative estimate of drug-likeness (QED) is 0.467. The summed E-state index contributed by atoms with van der Waals surface area (Å²) in [6.45, 7) is 6.74. The Balaban J connectivity index is -0.000000114. The maximum absolute atomic E-state index is 8.48. The second kappa shape index (κ2) is 13.4. The van der Waals surface area contributed by atoms with Gasteiger partial charge in [0.1, 0.15) is 0 Å². The van der Waals surface area contributed by atoms with E-state index in [0.717, 1.165) is 5.92 Å². The van der Waals surface area contributed by atoms with Crippen LogP contribution in [0, 0.1) is 5.92 Å². The monoisotopic (exact) mass is 189 g/mol. The van der Waals surface area contributed by atoms with Crippen LogP contribution in [-0.4, -0.2) is 23.1 Å². The molecule has 11 heavy (non-hydrogen) atoms. The summed E-state index contributed by atoms with van der Waals surface area (Å²) in [5, 5.41) is 0. The van der Waals surface area contributed by atoms with Crippen molar-refractivity contribution in [2.24, 2.45) is 5.92 Å². The first-order valence-corrected chi connectivity index (χ1v) is 4.45. The van der Waals surface area contributed by atoms with Crippen LogP contribution in [-0.2, 0) is 4.57 Å². The van der Waals surface area contributed by atoms with Gasteiger partial charge in [-0.15, -0.1) is 0 Å². The molecule has 0 bridgehead atoms. The minimum absolute atomic E-state index is 0. The molecule has 0 aliphatic rings. The maximum atomic E-state index is 8.48. The fraction of sp³-hybridized carbons (Fsp3) is 1.00. The first-order valence-electron chi connectivity index (χ1n) is 3.36. The molecule has 0 rings (SSSR count). The van der Waals surface area contributed by atoms with Gasteiger partial charge in [-0.2, -0.15) is 0 Å². The second-order valence-electron chi connectivity index (χ2n) is 2.15. The van der Waals surface area contributed by atoms with Gasteiger partial charge in [-0.1, -0.05) is 38.2 Å². The van der Waals surface area contributed by atoms with Gasteiger partial charge in [0.15, 0.2) is 0 Å². The fourth-order valence-corrected chi connectivity index (χ4v) is 0.289. The third-order valence-electron chi connectivity index (χ3n) is 1.39. The zero-order valence-electron chi connectivity index (χ0n) is 7.37. The van der Waals surface area contributed by atoms with Crippen LogP contribution in [0.3, 0.4) is 0 Å². The van der Waals surface area contributed by atoms with Gasteiger partial charge in [-0.25, -0.2) is 0 Å². The van der Waals surface area contributed by atoms with E-state index in [2.05, 4.69) is 20.8 Å². The Morgan fingerprint density at radius 2 is 1.45 bits per heavy atom. The van der Waals surface area contributed by atoms with Crippen molar-refractivity contribution in [1.29, 1.82) is 0 Å². The summed E-state index contributed by atoms with van der Waals surface area (Å²) in [7, 11) is -3.37. The van der Waals surface area contributed by atoms with E-state index in [0.29, 0.717) is 0 Å². The first kappa shape index (κ1) is 17.8. The zero-order chi connectivity index (χ0) is 8.57. The largest absolute Gasteiger partial charge is 2.00 e. The van der Waals surface area contributed by atoms with E-state index in [1.165, 1.54) is 12.8 Å². The molecule has 0 aromatic carbocycles. The van der Waals surface area contributed by atoms with Crippen molar-refractivity contribution >= 4 is 31.3 Å². The molecule has 0 radical (unpaired) electrons. The average Bonchev–Trinajstić information content (AvgIpc) is 1.85. The SMILES string of the molecule is CCC(C)CC.O=[P+]([O-])[O-].[Mg+2]. The third kappa shape index (κ3) is 36.3. The second-order valence-corrected chi connectivity index (χ2v) is 2.59. The Kier molecular flexibility index (Phi) is 21.6. The van der Waals surface area contributed by atoms with Crippen LogP contribution in [0.25, 0.3) is 0 Å². The molecule has 0 atom stereocenters. The predicted octanol–water partition coefficient (Wildman–Crippen LogP) is 0.426. The van der Waals surface area contributed by atoms with Crippen molar-refractivity contribution < 1.29 is 14.4 Å². The topological polar surface area (TPSA) is 63.2 Å². The smallest absolute Gasteiger partial charge is 0.598 e. The minimum Gasteiger partial charge on any atom is -0.598 e. The Morgan fingerprint density at radius 1 is 1.27 bits per heavy atom. The summed E-state index contributed by atoms with van der Waals surface area (Å²) in [6.07, 6.45) is 2.66. The first-order chi connectivity index (χ1) is 4.54. The van der Waals surface area contributed by atoms with E-state index in [9.17, 15) is 0 Å². The maximum Gasteiger partial charge on any atom is 2.00 e. The Morgan fingerprint density at radius 3 is 1.45 bits per heavy atom. The van der Waals surface area contributed by atoms with Gasteiger partial charge in [-0.3, -0.25) is 0 Å². The summed E-state index contributed by atoms with van der Waals surface area (Å²) in [4.78, 5) is 17.0. The molecule has 3 nitrogen and oxygen atoms in total. The molecule has 0 aromatic rings. The summed E-state index contributed by atoms with van der Waals surface area (Å²) in [5.41, 5.74) is 0. The van der Waals surface area contributed by atoms with Crippen molar-refractivity contribution in [3.05, 3.63) is 0 Å². The molecule has 0 aliphatic heterocycles. The van der Waals surface area contributed by atoms with E-state index in [-0.39, 0.29) is 23.1 Å². The molecule has 0 aromatic heterocycles. The van der Waals surface area contributed by atoms with Crippen LogP contribution in [0.15, 0.2) is 0 Å². The van der Waals surface area contributed by atoms with Crippen molar-refractivity contribution in [2.45, 2.75) is 33.6 Å². The molecular weight excluding hydrogens is 175 g/mol. The van der Waals surface area contributed by atoms with E-state index in [1.54, 1.807) is 0 Å². The third-order valence-corrected chi connectivity index (χ3v) is 1.39. The van der Waals surface area contributed by atoms with Crippen LogP contribution < -0.4 is 9.79 Å². The zero-order valence-corrected chi connectivity index (χ0v) is 9.68. The average molecular weight is 189 g/mol. The van der Waals surface area contributed by atoms with Gasteiger partial charge in [0, 0.05) is 0 Å². The van der Waals surface area contributed by atoms with Crippen molar-refractivity contribution in [3.63, 3.8) is 0 Å². The molecule has 0 heterocycles. The van der Waals surface area contributed by atoms with Gasteiger partial charge in [0.05, 0.1) is 0 Å². The minimum atomic E-state index is -3.37. The number of rotatable bonds is 2. The van der Waals surface area contributed by atoms with Crippen LogP contribution >= 0.6 is 8.25 Å². The molecular formula is C6H14MgO3P+. The van der Waals surface area contributed by atoms with Crippen LogP contribution in [0.5, 0.6) is 0 Å². The molecule has 0 fully saturated rings. The van der Waals surface area contributed by atoms with E-state index < -0.39 is 8.25 Å². The summed E-state index contributed by atoms with van der Waals surface area (Å²) < 4.78 is 8.48. The molecule has 62 valence electrons. The van der Waals surface area contributed by atoms with Crippen molar-refractivity contribution in [1.82, 2.24) is 0 Å². The number of hydrogen-bond donors (Lipinski definition) is 0. The van der Waals surface area contributed by atoms with Crippen molar-refractivity contribution in [2.75, 3.05) is 0 Å². The molecule has 0 aliphatic carbocycles. The van der Waals surface area contributed by atoms with E-state index in [4.69, 9.17) is 14.4 Å². The molecule has 0 spiro atoms. The van der Waals surface area contributed by atoms with Gasteiger partial charge in [0.2, 0.25) is 0 Å². The normalized spacial score (nSPS) is 7.82. The Bertz CT molecular complexity index is 81.9. The molecule has 0 saturated heterocycles. The molecule has 5 heteroatoms. The van der Waals surface area contributed by atoms with E-state index in [1.807, 2.05) is 0 Å². The summed E-state index contributed by atoms with van der Waals surface area (Å²) in [5.74, 6) is 0.935. The van der Waals surface area contributed by atoms with Crippen LogP contribution in [0.2, 0.25) is 0 Å². The van der Waals surface area contributed by atoms with Gasteiger partial charge in [0.25, 0.3) is 8.25 Å². The number of hydrogen-bond acceptors (Lipinski definition) is 3. The van der Waals surface area contributed by atoms with Crippen LogP contribution in [0.4, 0.5) is 0 Å². The molecule has 0 amide bonds. The van der Waals surface area contributed by atoms with Gasteiger partial charge < -0.3 is 9.79 Å². The molecule has 0 unspecified atom stereocenters. The van der Waals surface area contributed by atoms with Crippen molar-refractivity contribution in [3.8, 4) is 0 Å². The predicted molar refractivity (Wildman–Crippen MR) is 43.1 cm³/mol. The Hall–Kier alpha value is 0.786. The standard InChI is InChI=1S/C6H14.Mg.HO3P/c1-4-6(3)5-2;;1-4(2)3/h6H,4-5H2,1-3H3;;(H,1,2,3)/q;+2;/p-1. The molecule has 0 saturated carbocycles. The molecule has 0 N–H and O–H groups in total. The van der Waals surface area contributed by atoms with E-state index >= 15 is 0 Å². The summed E-state index contributed by atoms with van der Waals surface area (Å²) >= 11 is 0. The van der Waals surface area contributed by atoms with Crippen LogP contribution in [0.1, 0.15) is 33.6 Å².